The number of amides is 2. The van der Waals surface area contributed by atoms with Crippen molar-refractivity contribution in [2.24, 2.45) is 5.10 Å². The van der Waals surface area contributed by atoms with Gasteiger partial charge in [-0.15, -0.1) is 0 Å². The highest BCUT2D eigenvalue weighted by atomic mass is 32.1. The van der Waals surface area contributed by atoms with Crippen LogP contribution in [-0.2, 0) is 6.54 Å². The second kappa shape index (κ2) is 9.34. The number of aromatic nitrogens is 3. The lowest BCUT2D eigenvalue weighted by Gasteiger charge is -2.17. The standard InChI is InChI=1S/C19H23N7OS/c1-4-26(5-2)12-14-6-7-15-17(10-14)28-19(22-15)23-18(27)25-24-13(3)16-11-20-8-9-21-16/h6-11H,4-5,12H2,1-3H3,(H2,22,23,25,27)/b24-13+. The Bertz CT molecular complexity index is 967. The monoisotopic (exact) mass is 397 g/mol. The third-order valence-electron chi connectivity index (χ3n) is 4.23. The quantitative estimate of drug-likeness (QED) is 0.470. The van der Waals surface area contributed by atoms with Gasteiger partial charge in [0, 0.05) is 18.9 Å². The molecule has 0 aliphatic heterocycles. The number of fused-ring (bicyclic) bond motifs is 1. The number of nitrogens with zero attached hydrogens (tertiary/aromatic N) is 5. The van der Waals surface area contributed by atoms with Gasteiger partial charge in [0.25, 0.3) is 0 Å². The molecule has 0 saturated carbocycles. The molecule has 0 spiro atoms. The number of carbonyl (C=O) groups is 1. The summed E-state index contributed by atoms with van der Waals surface area (Å²) in [5, 5.41) is 7.29. The number of hydrogen-bond donors (Lipinski definition) is 2. The molecule has 0 bridgehead atoms. The first kappa shape index (κ1) is 19.8. The number of nitrogens with one attached hydrogen (secondary N) is 2. The Morgan fingerprint density at radius 3 is 2.79 bits per heavy atom. The van der Waals surface area contributed by atoms with E-state index in [2.05, 4.69) is 61.7 Å². The van der Waals surface area contributed by atoms with Gasteiger partial charge in [-0.25, -0.2) is 15.2 Å². The maximum absolute atomic E-state index is 12.1. The number of benzene rings is 1. The molecule has 0 atom stereocenters. The SMILES string of the molecule is CCN(CC)Cc1ccc2nc(NC(=O)N/N=C(\C)c3cnccn3)sc2c1. The molecule has 0 radical (unpaired) electrons. The van der Waals surface area contributed by atoms with Crippen molar-refractivity contribution in [2.45, 2.75) is 27.3 Å². The zero-order valence-electron chi connectivity index (χ0n) is 16.1. The summed E-state index contributed by atoms with van der Waals surface area (Å²) in [6.07, 6.45) is 4.74. The maximum Gasteiger partial charge on any atom is 0.341 e. The smallest absolute Gasteiger partial charge is 0.300 e. The number of rotatable bonds is 7. The molecule has 2 amide bonds. The van der Waals surface area contributed by atoms with E-state index in [-0.39, 0.29) is 0 Å². The molecule has 0 aliphatic carbocycles. The Kier molecular flexibility index (Phi) is 6.62. The van der Waals surface area contributed by atoms with Crippen molar-refractivity contribution in [2.75, 3.05) is 18.4 Å². The fourth-order valence-electron chi connectivity index (χ4n) is 2.63. The first-order valence-electron chi connectivity index (χ1n) is 9.08. The van der Waals surface area contributed by atoms with E-state index in [0.29, 0.717) is 16.5 Å². The summed E-state index contributed by atoms with van der Waals surface area (Å²) in [6, 6.07) is 5.75. The minimum Gasteiger partial charge on any atom is -0.300 e. The van der Waals surface area contributed by atoms with Crippen LogP contribution in [0, 0.1) is 0 Å². The molecule has 146 valence electrons. The molecule has 0 aliphatic rings. The van der Waals surface area contributed by atoms with Crippen LogP contribution in [0.4, 0.5) is 9.93 Å². The van der Waals surface area contributed by atoms with E-state index in [1.807, 2.05) is 6.07 Å². The fraction of sp³-hybridized carbons (Fsp3) is 0.316. The van der Waals surface area contributed by atoms with Crippen LogP contribution >= 0.6 is 11.3 Å². The molecule has 2 aromatic heterocycles. The second-order valence-electron chi connectivity index (χ2n) is 6.14. The molecule has 3 rings (SSSR count). The van der Waals surface area contributed by atoms with Crippen LogP contribution in [0.25, 0.3) is 10.2 Å². The number of hydrogen-bond acceptors (Lipinski definition) is 7. The van der Waals surface area contributed by atoms with Crippen LogP contribution in [0.1, 0.15) is 32.0 Å². The van der Waals surface area contributed by atoms with Crippen LogP contribution in [-0.4, -0.2) is 44.7 Å². The summed E-state index contributed by atoms with van der Waals surface area (Å²) in [4.78, 5) is 27.0. The number of carbonyl (C=O) groups excluding carboxylic acids is 1. The van der Waals surface area contributed by atoms with Gasteiger partial charge >= 0.3 is 6.03 Å². The number of hydrazone groups is 1. The molecule has 0 saturated heterocycles. The summed E-state index contributed by atoms with van der Waals surface area (Å²) in [5.74, 6) is 0. The summed E-state index contributed by atoms with van der Waals surface area (Å²) in [6.45, 7) is 8.99. The first-order chi connectivity index (χ1) is 13.6. The summed E-state index contributed by atoms with van der Waals surface area (Å²) < 4.78 is 1.04. The van der Waals surface area contributed by atoms with E-state index in [1.54, 1.807) is 25.5 Å². The minimum absolute atomic E-state index is 0.453. The molecular formula is C19H23N7OS. The molecule has 3 aromatic rings. The van der Waals surface area contributed by atoms with Crippen molar-refractivity contribution in [3.63, 3.8) is 0 Å². The van der Waals surface area contributed by atoms with Gasteiger partial charge in [0.1, 0.15) is 5.69 Å². The van der Waals surface area contributed by atoms with Gasteiger partial charge in [-0.3, -0.25) is 20.2 Å². The topological polar surface area (TPSA) is 95.4 Å². The lowest BCUT2D eigenvalue weighted by atomic mass is 10.2. The van der Waals surface area contributed by atoms with Crippen LogP contribution in [0.2, 0.25) is 0 Å². The number of anilines is 1. The van der Waals surface area contributed by atoms with Crippen molar-refractivity contribution < 1.29 is 4.79 Å². The second-order valence-corrected chi connectivity index (χ2v) is 7.17. The highest BCUT2D eigenvalue weighted by Gasteiger charge is 2.09. The van der Waals surface area contributed by atoms with E-state index in [9.17, 15) is 4.79 Å². The predicted molar refractivity (Wildman–Crippen MR) is 113 cm³/mol. The molecule has 0 fully saturated rings. The van der Waals surface area contributed by atoms with E-state index < -0.39 is 6.03 Å². The van der Waals surface area contributed by atoms with Crippen molar-refractivity contribution in [1.29, 1.82) is 0 Å². The highest BCUT2D eigenvalue weighted by molar-refractivity contribution is 7.22. The third kappa shape index (κ3) is 5.08. The third-order valence-corrected chi connectivity index (χ3v) is 5.17. The number of urea groups is 1. The van der Waals surface area contributed by atoms with E-state index >= 15 is 0 Å². The van der Waals surface area contributed by atoms with Gasteiger partial charge < -0.3 is 0 Å². The van der Waals surface area contributed by atoms with Gasteiger partial charge in [0.2, 0.25) is 0 Å². The zero-order chi connectivity index (χ0) is 19.9. The van der Waals surface area contributed by atoms with Gasteiger partial charge in [0.05, 0.1) is 22.1 Å². The van der Waals surface area contributed by atoms with Crippen molar-refractivity contribution in [1.82, 2.24) is 25.3 Å². The molecule has 28 heavy (non-hydrogen) atoms. The maximum atomic E-state index is 12.1. The Morgan fingerprint density at radius 2 is 2.07 bits per heavy atom. The van der Waals surface area contributed by atoms with Crippen molar-refractivity contribution in [3.05, 3.63) is 48.0 Å². The lowest BCUT2D eigenvalue weighted by molar-refractivity contribution is 0.252. The van der Waals surface area contributed by atoms with Crippen LogP contribution in [0.15, 0.2) is 41.9 Å². The number of thiazole rings is 1. The van der Waals surface area contributed by atoms with Crippen molar-refractivity contribution >= 4 is 38.4 Å². The largest absolute Gasteiger partial charge is 0.341 e. The van der Waals surface area contributed by atoms with E-state index in [0.717, 1.165) is 29.9 Å². The average Bonchev–Trinajstić information content (AvgIpc) is 3.12. The Morgan fingerprint density at radius 1 is 1.25 bits per heavy atom. The van der Waals surface area contributed by atoms with E-state index in [4.69, 9.17) is 0 Å². The van der Waals surface area contributed by atoms with Crippen LogP contribution in [0.3, 0.4) is 0 Å². The Hall–Kier alpha value is -2.91. The average molecular weight is 398 g/mol. The van der Waals surface area contributed by atoms with E-state index in [1.165, 1.54) is 16.9 Å². The minimum atomic E-state index is -0.453. The first-order valence-corrected chi connectivity index (χ1v) is 9.90. The molecule has 9 heteroatoms. The lowest BCUT2D eigenvalue weighted by Crippen LogP contribution is -2.25. The zero-order valence-corrected chi connectivity index (χ0v) is 17.0. The molecule has 1 aromatic carbocycles. The summed E-state index contributed by atoms with van der Waals surface area (Å²) in [7, 11) is 0. The predicted octanol–water partition coefficient (Wildman–Crippen LogP) is 3.47. The molecule has 2 heterocycles. The molecular weight excluding hydrogens is 374 g/mol. The van der Waals surface area contributed by atoms with Gasteiger partial charge in [-0.05, 0) is 37.7 Å². The van der Waals surface area contributed by atoms with Crippen LogP contribution < -0.4 is 10.7 Å². The molecule has 8 nitrogen and oxygen atoms in total. The Labute approximate surface area is 167 Å². The van der Waals surface area contributed by atoms with Gasteiger partial charge in [-0.1, -0.05) is 31.3 Å². The molecule has 2 N–H and O–H groups in total. The van der Waals surface area contributed by atoms with Gasteiger partial charge in [-0.2, -0.15) is 5.10 Å². The normalized spacial score (nSPS) is 11.8. The van der Waals surface area contributed by atoms with Crippen molar-refractivity contribution in [3.8, 4) is 0 Å². The van der Waals surface area contributed by atoms with Crippen LogP contribution in [0.5, 0.6) is 0 Å². The summed E-state index contributed by atoms with van der Waals surface area (Å²) >= 11 is 1.44. The summed E-state index contributed by atoms with van der Waals surface area (Å²) in [5.41, 5.74) is 5.72. The fourth-order valence-corrected chi connectivity index (χ4v) is 3.55. The van der Waals surface area contributed by atoms with Gasteiger partial charge in [0.15, 0.2) is 5.13 Å². The highest BCUT2D eigenvalue weighted by Crippen LogP contribution is 2.27. The molecule has 0 unspecified atom stereocenters. The Balaban J connectivity index is 1.64.